The van der Waals surface area contributed by atoms with E-state index in [4.69, 9.17) is 6.42 Å². The maximum absolute atomic E-state index is 15.1. The lowest BCUT2D eigenvalue weighted by Gasteiger charge is -2.30. The third kappa shape index (κ3) is 6.30. The summed E-state index contributed by atoms with van der Waals surface area (Å²) in [5.74, 6) is -0.347. The molecule has 1 aromatic heterocycles. The Morgan fingerprint density at radius 3 is 2.77 bits per heavy atom. The molecule has 2 aromatic rings. The van der Waals surface area contributed by atoms with E-state index >= 15 is 4.39 Å². The van der Waals surface area contributed by atoms with Crippen molar-refractivity contribution in [1.82, 2.24) is 25.9 Å². The first-order valence-corrected chi connectivity index (χ1v) is 12.0. The molecule has 0 radical (unpaired) electrons. The summed E-state index contributed by atoms with van der Waals surface area (Å²) in [4.78, 5) is 46.7. The van der Waals surface area contributed by atoms with E-state index in [1.807, 2.05) is 13.0 Å². The van der Waals surface area contributed by atoms with Crippen LogP contribution in [-0.4, -0.2) is 74.2 Å². The number of tetrazole rings is 1. The highest BCUT2D eigenvalue weighted by Gasteiger charge is 2.28. The number of carbonyl (C=O) groups excluding carboxylic acids is 2. The molecule has 2 heterocycles. The zero-order valence-corrected chi connectivity index (χ0v) is 21.2. The molecule has 200 valence electrons. The second-order valence-electron chi connectivity index (χ2n) is 9.02. The summed E-state index contributed by atoms with van der Waals surface area (Å²) in [6, 6.07) is 2.69. The average Bonchev–Trinajstić information content (AvgIpc) is 3.40. The molecular formula is C26H25FN8O4. The van der Waals surface area contributed by atoms with Gasteiger partial charge < -0.3 is 15.3 Å². The zero-order valence-electron chi connectivity index (χ0n) is 21.2. The minimum atomic E-state index is -1.29. The van der Waals surface area contributed by atoms with Gasteiger partial charge in [-0.1, -0.05) is 22.8 Å². The van der Waals surface area contributed by atoms with Crippen LogP contribution in [-0.2, 0) is 16.0 Å². The molecule has 13 heteroatoms. The number of halogens is 1. The largest absolute Gasteiger partial charge is 0.480 e. The third-order valence-electron chi connectivity index (χ3n) is 6.28. The monoisotopic (exact) mass is 532 g/mol. The van der Waals surface area contributed by atoms with Crippen LogP contribution in [0, 0.1) is 24.1 Å². The number of allylic oxidation sites excluding steroid dienone is 1. The van der Waals surface area contributed by atoms with E-state index < -0.39 is 23.7 Å². The van der Waals surface area contributed by atoms with Crippen molar-refractivity contribution in [3.05, 3.63) is 58.7 Å². The number of aliphatic carboxylic acids is 1. The Labute approximate surface area is 222 Å². The van der Waals surface area contributed by atoms with Crippen LogP contribution < -0.4 is 10.2 Å². The predicted molar refractivity (Wildman–Crippen MR) is 140 cm³/mol. The lowest BCUT2D eigenvalue weighted by Crippen LogP contribution is -2.41. The van der Waals surface area contributed by atoms with Crippen molar-refractivity contribution in [2.45, 2.75) is 32.7 Å². The Kier molecular flexibility index (Phi) is 8.04. The van der Waals surface area contributed by atoms with Gasteiger partial charge in [0.15, 0.2) is 5.82 Å². The molecule has 0 saturated carbocycles. The SMILES string of the molecule is C#CCN(CC1C=C2C(=O)N=C(C)N=C2C=C1C)c1ccc(C(=O)NC(CCc2nn[nH]n2)C(=O)O)c(F)c1. The molecule has 2 aliphatic rings. The molecule has 2 unspecified atom stereocenters. The highest BCUT2D eigenvalue weighted by atomic mass is 19.1. The number of hydrogen-bond acceptors (Lipinski definition) is 8. The van der Waals surface area contributed by atoms with E-state index in [1.165, 1.54) is 18.2 Å². The van der Waals surface area contributed by atoms with Gasteiger partial charge in [0, 0.05) is 24.6 Å². The third-order valence-corrected chi connectivity index (χ3v) is 6.28. The average molecular weight is 533 g/mol. The number of aliphatic imine (C=N–C) groups is 2. The highest BCUT2D eigenvalue weighted by Crippen LogP contribution is 2.28. The van der Waals surface area contributed by atoms with Gasteiger partial charge in [0.05, 0.1) is 23.4 Å². The van der Waals surface area contributed by atoms with Gasteiger partial charge in [-0.15, -0.1) is 16.6 Å². The number of aryl methyl sites for hydroxylation is 1. The van der Waals surface area contributed by atoms with E-state index in [9.17, 15) is 19.5 Å². The number of nitrogens with one attached hydrogen (secondary N) is 2. The number of benzene rings is 1. The number of carboxylic acids is 1. The molecule has 2 atom stereocenters. The number of amides is 2. The first kappa shape index (κ1) is 27.1. The van der Waals surface area contributed by atoms with E-state index in [0.29, 0.717) is 29.4 Å². The first-order valence-electron chi connectivity index (χ1n) is 12.0. The topological polar surface area (TPSA) is 166 Å². The summed E-state index contributed by atoms with van der Waals surface area (Å²) >= 11 is 0. The molecule has 3 N–H and O–H groups in total. The van der Waals surface area contributed by atoms with Gasteiger partial charge in [0.25, 0.3) is 11.8 Å². The number of terminal acetylenes is 1. The van der Waals surface area contributed by atoms with Crippen molar-refractivity contribution >= 4 is 35.0 Å². The Morgan fingerprint density at radius 1 is 1.31 bits per heavy atom. The molecule has 2 amide bonds. The maximum Gasteiger partial charge on any atom is 0.326 e. The Hall–Kier alpha value is -4.99. The molecular weight excluding hydrogens is 507 g/mol. The van der Waals surface area contributed by atoms with Crippen molar-refractivity contribution < 1.29 is 23.9 Å². The van der Waals surface area contributed by atoms with Crippen LogP contribution in [0.5, 0.6) is 0 Å². The second-order valence-corrected chi connectivity index (χ2v) is 9.02. The quantitative estimate of drug-likeness (QED) is 0.387. The Bertz CT molecular complexity index is 1470. The van der Waals surface area contributed by atoms with Crippen molar-refractivity contribution in [3.8, 4) is 12.3 Å². The normalized spacial score (nSPS) is 17.1. The molecule has 1 aliphatic carbocycles. The minimum absolute atomic E-state index is 0.0141. The number of amidine groups is 1. The van der Waals surface area contributed by atoms with Gasteiger partial charge >= 0.3 is 5.97 Å². The summed E-state index contributed by atoms with van der Waals surface area (Å²) < 4.78 is 15.1. The van der Waals surface area contributed by atoms with Crippen LogP contribution in [0.3, 0.4) is 0 Å². The van der Waals surface area contributed by atoms with E-state index in [2.05, 4.69) is 41.8 Å². The van der Waals surface area contributed by atoms with E-state index in [-0.39, 0.29) is 42.6 Å². The van der Waals surface area contributed by atoms with Crippen molar-refractivity contribution in [2.24, 2.45) is 15.9 Å². The molecule has 0 bridgehead atoms. The number of aromatic nitrogens is 4. The number of aromatic amines is 1. The smallest absolute Gasteiger partial charge is 0.326 e. The van der Waals surface area contributed by atoms with Gasteiger partial charge in [-0.2, -0.15) is 10.2 Å². The van der Waals surface area contributed by atoms with Crippen LogP contribution in [0.4, 0.5) is 10.1 Å². The van der Waals surface area contributed by atoms with Crippen LogP contribution >= 0.6 is 0 Å². The molecule has 0 fully saturated rings. The molecule has 1 aromatic carbocycles. The van der Waals surface area contributed by atoms with E-state index in [1.54, 1.807) is 17.9 Å². The Morgan fingerprint density at radius 2 is 2.10 bits per heavy atom. The first-order chi connectivity index (χ1) is 18.7. The fraction of sp³-hybridized carbons (Fsp3) is 0.308. The molecule has 39 heavy (non-hydrogen) atoms. The second kappa shape index (κ2) is 11.6. The lowest BCUT2D eigenvalue weighted by atomic mass is 9.87. The van der Waals surface area contributed by atoms with Gasteiger partial charge in [0.2, 0.25) is 0 Å². The summed E-state index contributed by atoms with van der Waals surface area (Å²) in [6.45, 7) is 4.04. The van der Waals surface area contributed by atoms with Crippen LogP contribution in [0.25, 0.3) is 0 Å². The van der Waals surface area contributed by atoms with Crippen molar-refractivity contribution in [1.29, 1.82) is 0 Å². The van der Waals surface area contributed by atoms with Gasteiger partial charge in [-0.3, -0.25) is 9.59 Å². The van der Waals surface area contributed by atoms with Gasteiger partial charge in [-0.25, -0.2) is 14.2 Å². The molecule has 1 aliphatic heterocycles. The molecule has 0 saturated heterocycles. The van der Waals surface area contributed by atoms with Crippen molar-refractivity contribution in [2.75, 3.05) is 18.0 Å². The number of rotatable bonds is 10. The number of nitrogens with zero attached hydrogens (tertiary/aromatic N) is 6. The van der Waals surface area contributed by atoms with Crippen LogP contribution in [0.2, 0.25) is 0 Å². The maximum atomic E-state index is 15.1. The highest BCUT2D eigenvalue weighted by molar-refractivity contribution is 6.32. The fourth-order valence-electron chi connectivity index (χ4n) is 4.24. The minimum Gasteiger partial charge on any atom is -0.480 e. The summed E-state index contributed by atoms with van der Waals surface area (Å²) in [5, 5.41) is 25.0. The molecule has 12 nitrogen and oxygen atoms in total. The van der Waals surface area contributed by atoms with Crippen LogP contribution in [0.15, 0.2) is 51.5 Å². The number of carbonyl (C=O) groups is 3. The fourth-order valence-corrected chi connectivity index (χ4v) is 4.24. The number of hydrogen-bond donors (Lipinski definition) is 3. The standard InChI is InChI=1S/C26H25FN8O4/c1-4-9-35(13-16-11-19-22(10-14(16)2)28-15(3)29-25(19)37)17-5-6-18(20(27)12-17)24(36)30-21(26(38)39)7-8-23-31-33-34-32-23/h1,5-6,10-12,16,21H,7-9,13H2,2-3H3,(H,30,36)(H,38,39)(H,31,32,33,34). The van der Waals surface area contributed by atoms with E-state index in [0.717, 1.165) is 5.57 Å². The molecule has 4 rings (SSSR count). The number of fused-ring (bicyclic) bond motifs is 1. The lowest BCUT2D eigenvalue weighted by molar-refractivity contribution is -0.139. The molecule has 0 spiro atoms. The van der Waals surface area contributed by atoms with Crippen LogP contribution in [0.1, 0.15) is 36.5 Å². The van der Waals surface area contributed by atoms with Gasteiger partial charge in [0.1, 0.15) is 17.7 Å². The predicted octanol–water partition coefficient (Wildman–Crippen LogP) is 1.50. The Balaban J connectivity index is 1.49. The number of carboxylic acid groups (broad SMARTS) is 1. The summed E-state index contributed by atoms with van der Waals surface area (Å²) in [5.41, 5.74) is 2.01. The number of H-pyrrole nitrogens is 1. The van der Waals surface area contributed by atoms with Gasteiger partial charge in [-0.05, 0) is 44.5 Å². The summed E-state index contributed by atoms with van der Waals surface area (Å²) in [6.07, 6.45) is 9.32. The number of anilines is 1. The zero-order chi connectivity index (χ0) is 28.1. The summed E-state index contributed by atoms with van der Waals surface area (Å²) in [7, 11) is 0. The van der Waals surface area contributed by atoms with Crippen molar-refractivity contribution in [3.63, 3.8) is 0 Å².